The second-order valence-corrected chi connectivity index (χ2v) is 9.20. The molecule has 1 aliphatic rings. The fourth-order valence-electron chi connectivity index (χ4n) is 2.88. The molecule has 0 radical (unpaired) electrons. The van der Waals surface area contributed by atoms with Gasteiger partial charge in [-0.25, -0.2) is 8.42 Å². The van der Waals surface area contributed by atoms with Crippen molar-refractivity contribution in [3.05, 3.63) is 17.0 Å². The lowest BCUT2D eigenvalue weighted by atomic mass is 9.95. The summed E-state index contributed by atoms with van der Waals surface area (Å²) < 4.78 is 27.7. The van der Waals surface area contributed by atoms with Crippen LogP contribution in [0.25, 0.3) is 0 Å². The molecule has 1 aliphatic heterocycles. The Hall–Kier alpha value is -0.430. The second kappa shape index (κ2) is 7.22. The topological polar surface area (TPSA) is 49.4 Å². The van der Waals surface area contributed by atoms with Crippen LogP contribution in [0.1, 0.15) is 38.5 Å². The van der Waals surface area contributed by atoms with Gasteiger partial charge in [-0.1, -0.05) is 13.8 Å². The van der Waals surface area contributed by atoms with Gasteiger partial charge in [-0.2, -0.15) is 4.31 Å². The highest BCUT2D eigenvalue weighted by Crippen LogP contribution is 2.31. The van der Waals surface area contributed by atoms with Crippen molar-refractivity contribution in [2.75, 3.05) is 19.6 Å². The Bertz CT molecular complexity index is 554. The number of likely N-dealkylation sites (N-methyl/N-ethyl adjacent to an activating group) is 1. The SMILES string of the molecule is CCNCCc1ccc(S(=O)(=O)N2CCC(C)CC2C)s1. The molecule has 0 aliphatic carbocycles. The fraction of sp³-hybridized carbons (Fsp3) is 0.733. The van der Waals surface area contributed by atoms with Crippen molar-refractivity contribution in [2.45, 2.75) is 50.3 Å². The minimum absolute atomic E-state index is 0.103. The predicted octanol–water partition coefficient (Wildman–Crippen LogP) is 2.71. The Kier molecular flexibility index (Phi) is 5.82. The van der Waals surface area contributed by atoms with E-state index >= 15 is 0 Å². The lowest BCUT2D eigenvalue weighted by Gasteiger charge is -2.35. The molecule has 0 aromatic carbocycles. The molecule has 2 rings (SSSR count). The van der Waals surface area contributed by atoms with E-state index in [-0.39, 0.29) is 6.04 Å². The number of nitrogens with one attached hydrogen (secondary N) is 1. The highest BCUT2D eigenvalue weighted by atomic mass is 32.2. The molecule has 120 valence electrons. The normalized spacial score (nSPS) is 24.3. The Morgan fingerprint density at radius 2 is 2.14 bits per heavy atom. The van der Waals surface area contributed by atoms with E-state index in [9.17, 15) is 8.42 Å². The number of piperidine rings is 1. The molecule has 1 N–H and O–H groups in total. The Labute approximate surface area is 132 Å². The quantitative estimate of drug-likeness (QED) is 0.816. The van der Waals surface area contributed by atoms with Gasteiger partial charge >= 0.3 is 0 Å². The molecule has 0 bridgehead atoms. The molecule has 2 heterocycles. The number of thiophene rings is 1. The minimum atomic E-state index is -3.31. The lowest BCUT2D eigenvalue weighted by Crippen LogP contribution is -2.43. The van der Waals surface area contributed by atoms with Crippen molar-refractivity contribution in [3.63, 3.8) is 0 Å². The summed E-state index contributed by atoms with van der Waals surface area (Å²) in [5.41, 5.74) is 0. The molecular weight excluding hydrogens is 304 g/mol. The van der Waals surface area contributed by atoms with Crippen LogP contribution in [-0.2, 0) is 16.4 Å². The summed E-state index contributed by atoms with van der Waals surface area (Å²) in [4.78, 5) is 1.13. The zero-order valence-corrected chi connectivity index (χ0v) is 14.8. The average Bonchev–Trinajstić information content (AvgIpc) is 2.88. The average molecular weight is 331 g/mol. The number of hydrogen-bond acceptors (Lipinski definition) is 4. The zero-order chi connectivity index (χ0) is 15.5. The van der Waals surface area contributed by atoms with Gasteiger partial charge < -0.3 is 5.32 Å². The standard InChI is InChI=1S/C15H26N2O2S2/c1-4-16-9-7-14-5-6-15(20-14)21(18,19)17-10-8-12(2)11-13(17)3/h5-6,12-13,16H,4,7-11H2,1-3H3. The molecule has 1 aromatic heterocycles. The first kappa shape index (κ1) is 16.9. The van der Waals surface area contributed by atoms with Gasteiger partial charge in [0.2, 0.25) is 0 Å². The van der Waals surface area contributed by atoms with Crippen LogP contribution in [0, 0.1) is 5.92 Å². The molecule has 6 heteroatoms. The summed E-state index contributed by atoms with van der Waals surface area (Å²) >= 11 is 1.42. The van der Waals surface area contributed by atoms with Crippen LogP contribution in [0.15, 0.2) is 16.3 Å². The van der Waals surface area contributed by atoms with Gasteiger partial charge in [0.1, 0.15) is 4.21 Å². The first-order valence-electron chi connectivity index (χ1n) is 7.76. The van der Waals surface area contributed by atoms with Crippen LogP contribution in [0.5, 0.6) is 0 Å². The molecule has 1 saturated heterocycles. The first-order valence-corrected chi connectivity index (χ1v) is 10.0. The minimum Gasteiger partial charge on any atom is -0.317 e. The summed E-state index contributed by atoms with van der Waals surface area (Å²) in [5, 5.41) is 3.27. The second-order valence-electron chi connectivity index (χ2n) is 5.92. The van der Waals surface area contributed by atoms with E-state index in [0.29, 0.717) is 16.7 Å². The van der Waals surface area contributed by atoms with Crippen LogP contribution in [0.3, 0.4) is 0 Å². The van der Waals surface area contributed by atoms with E-state index in [4.69, 9.17) is 0 Å². The molecule has 4 nitrogen and oxygen atoms in total. The predicted molar refractivity (Wildman–Crippen MR) is 88.3 cm³/mol. The third kappa shape index (κ3) is 4.06. The summed E-state index contributed by atoms with van der Waals surface area (Å²) in [6.07, 6.45) is 2.81. The van der Waals surface area contributed by atoms with Gasteiger partial charge in [0, 0.05) is 17.5 Å². The molecule has 0 spiro atoms. The fourth-order valence-corrected chi connectivity index (χ4v) is 6.02. The zero-order valence-electron chi connectivity index (χ0n) is 13.1. The van der Waals surface area contributed by atoms with E-state index < -0.39 is 10.0 Å². The third-order valence-electron chi connectivity index (χ3n) is 4.08. The maximum atomic E-state index is 12.8. The van der Waals surface area contributed by atoms with Crippen LogP contribution < -0.4 is 5.32 Å². The molecule has 1 fully saturated rings. The van der Waals surface area contributed by atoms with Gasteiger partial charge in [0.25, 0.3) is 10.0 Å². The Morgan fingerprint density at radius 1 is 1.38 bits per heavy atom. The highest BCUT2D eigenvalue weighted by molar-refractivity contribution is 7.91. The summed E-state index contributed by atoms with van der Waals surface area (Å²) in [7, 11) is -3.31. The van der Waals surface area contributed by atoms with E-state index in [1.807, 2.05) is 13.0 Å². The number of hydrogen-bond donors (Lipinski definition) is 1. The number of sulfonamides is 1. The van der Waals surface area contributed by atoms with E-state index in [1.165, 1.54) is 11.3 Å². The smallest absolute Gasteiger partial charge is 0.252 e. The van der Waals surface area contributed by atoms with Crippen molar-refractivity contribution in [2.24, 2.45) is 5.92 Å². The van der Waals surface area contributed by atoms with Crippen LogP contribution >= 0.6 is 11.3 Å². The summed E-state index contributed by atoms with van der Waals surface area (Å²) in [5.74, 6) is 0.616. The Morgan fingerprint density at radius 3 is 2.81 bits per heavy atom. The third-order valence-corrected chi connectivity index (χ3v) is 7.70. The largest absolute Gasteiger partial charge is 0.317 e. The summed E-state index contributed by atoms with van der Waals surface area (Å²) in [6.45, 7) is 8.78. The van der Waals surface area contributed by atoms with E-state index in [2.05, 4.69) is 19.2 Å². The number of rotatable bonds is 6. The lowest BCUT2D eigenvalue weighted by molar-refractivity contribution is 0.220. The van der Waals surface area contributed by atoms with Crippen molar-refractivity contribution in [1.29, 1.82) is 0 Å². The van der Waals surface area contributed by atoms with Crippen molar-refractivity contribution < 1.29 is 8.42 Å². The van der Waals surface area contributed by atoms with Crippen LogP contribution in [0.4, 0.5) is 0 Å². The van der Waals surface area contributed by atoms with Crippen LogP contribution in [0.2, 0.25) is 0 Å². The van der Waals surface area contributed by atoms with Gasteiger partial charge in [-0.3, -0.25) is 0 Å². The Balaban J connectivity index is 2.09. The molecule has 0 saturated carbocycles. The maximum absolute atomic E-state index is 12.8. The maximum Gasteiger partial charge on any atom is 0.252 e. The molecule has 2 unspecified atom stereocenters. The number of nitrogens with zero attached hydrogens (tertiary/aromatic N) is 1. The monoisotopic (exact) mass is 330 g/mol. The molecule has 1 aromatic rings. The van der Waals surface area contributed by atoms with Crippen molar-refractivity contribution in [3.8, 4) is 0 Å². The van der Waals surface area contributed by atoms with Crippen LogP contribution in [-0.4, -0.2) is 38.4 Å². The molecule has 2 atom stereocenters. The van der Waals surface area contributed by atoms with Gasteiger partial charge in [0.15, 0.2) is 0 Å². The van der Waals surface area contributed by atoms with Gasteiger partial charge in [0.05, 0.1) is 0 Å². The molecule has 0 amide bonds. The van der Waals surface area contributed by atoms with Crippen molar-refractivity contribution >= 4 is 21.4 Å². The molecule has 21 heavy (non-hydrogen) atoms. The summed E-state index contributed by atoms with van der Waals surface area (Å²) in [6, 6.07) is 3.82. The van der Waals surface area contributed by atoms with E-state index in [1.54, 1.807) is 10.4 Å². The highest BCUT2D eigenvalue weighted by Gasteiger charge is 2.33. The van der Waals surface area contributed by atoms with E-state index in [0.717, 1.165) is 37.2 Å². The van der Waals surface area contributed by atoms with Gasteiger partial charge in [-0.15, -0.1) is 11.3 Å². The first-order chi connectivity index (χ1) is 9.95. The van der Waals surface area contributed by atoms with Crippen molar-refractivity contribution in [1.82, 2.24) is 9.62 Å². The van der Waals surface area contributed by atoms with Gasteiger partial charge in [-0.05, 0) is 57.3 Å². The molecular formula is C15H26N2O2S2.